The minimum Gasteiger partial charge on any atom is -0.388 e. The number of hydrogen-bond donors (Lipinski definition) is 3. The molecule has 2 unspecified atom stereocenters. The molecule has 0 bridgehead atoms. The molecule has 1 aliphatic heterocycles. The van der Waals surface area contributed by atoms with Crippen LogP contribution in [-0.2, 0) is 19.2 Å². The van der Waals surface area contributed by atoms with E-state index in [4.69, 9.17) is 14.9 Å². The molecule has 0 spiro atoms. The molecule has 1 aliphatic rings. The molecule has 3 aromatic carbocycles. The van der Waals surface area contributed by atoms with Gasteiger partial charge >= 0.3 is 0 Å². The molecule has 4 rings (SSSR count). The number of hydrazine groups is 1. The molecule has 9 heteroatoms. The lowest BCUT2D eigenvalue weighted by atomic mass is 10.0. The second-order valence-electron chi connectivity index (χ2n) is 10.7. The number of aldehydes is 2. The van der Waals surface area contributed by atoms with Crippen LogP contribution in [0.15, 0.2) is 72.8 Å². The van der Waals surface area contributed by atoms with Crippen molar-refractivity contribution < 1.29 is 19.2 Å². The van der Waals surface area contributed by atoms with Gasteiger partial charge in [-0.1, -0.05) is 76.2 Å². The lowest BCUT2D eigenvalue weighted by Crippen LogP contribution is -2.42. The van der Waals surface area contributed by atoms with E-state index in [2.05, 4.69) is 49.9 Å². The first kappa shape index (κ1) is 37.5. The van der Waals surface area contributed by atoms with E-state index >= 15 is 0 Å². The average molecular weight is 576 g/mol. The molecular weight excluding hydrogens is 530 g/mol. The molecular formula is C33H45N5O4. The highest BCUT2D eigenvalue weighted by molar-refractivity contribution is 5.85. The highest BCUT2D eigenvalue weighted by Crippen LogP contribution is 2.21. The van der Waals surface area contributed by atoms with Gasteiger partial charge in [0.1, 0.15) is 25.4 Å². The first-order valence-corrected chi connectivity index (χ1v) is 13.6. The highest BCUT2D eigenvalue weighted by atomic mass is 16.2. The summed E-state index contributed by atoms with van der Waals surface area (Å²) in [6.07, 6.45) is 1.99. The molecule has 3 aromatic rings. The Kier molecular flexibility index (Phi) is 18.9. The van der Waals surface area contributed by atoms with Crippen molar-refractivity contribution in [2.24, 2.45) is 11.3 Å². The topological polar surface area (TPSA) is 131 Å². The molecule has 42 heavy (non-hydrogen) atoms. The van der Waals surface area contributed by atoms with E-state index in [1.807, 2.05) is 86.6 Å². The quantitative estimate of drug-likeness (QED) is 0.260. The van der Waals surface area contributed by atoms with Crippen molar-refractivity contribution in [3.05, 3.63) is 72.8 Å². The molecule has 0 radical (unpaired) electrons. The summed E-state index contributed by atoms with van der Waals surface area (Å²) in [5.41, 5.74) is 8.39. The number of para-hydroxylation sites is 1. The van der Waals surface area contributed by atoms with Crippen LogP contribution in [0.3, 0.4) is 0 Å². The van der Waals surface area contributed by atoms with Gasteiger partial charge in [0.05, 0.1) is 12.6 Å². The Labute approximate surface area is 250 Å². The monoisotopic (exact) mass is 575 g/mol. The van der Waals surface area contributed by atoms with E-state index < -0.39 is 6.04 Å². The Morgan fingerprint density at radius 3 is 2.02 bits per heavy atom. The van der Waals surface area contributed by atoms with Crippen molar-refractivity contribution >= 4 is 47.4 Å². The molecule has 1 heterocycles. The zero-order valence-electron chi connectivity index (χ0n) is 25.6. The van der Waals surface area contributed by atoms with Gasteiger partial charge in [0.2, 0.25) is 5.91 Å². The molecule has 1 amide bonds. The van der Waals surface area contributed by atoms with Gasteiger partial charge in [-0.3, -0.25) is 4.79 Å². The van der Waals surface area contributed by atoms with Crippen molar-refractivity contribution in [1.29, 1.82) is 5.26 Å². The fourth-order valence-corrected chi connectivity index (χ4v) is 3.56. The molecule has 9 nitrogen and oxygen atoms in total. The third-order valence-electron chi connectivity index (χ3n) is 5.28. The Hall–Kier alpha value is -4.55. The summed E-state index contributed by atoms with van der Waals surface area (Å²) in [5, 5.41) is 14.4. The molecule has 0 aliphatic carbocycles. The maximum absolute atomic E-state index is 12.2. The summed E-state index contributed by atoms with van der Waals surface area (Å²) < 4.78 is 0. The van der Waals surface area contributed by atoms with Crippen molar-refractivity contribution in [1.82, 2.24) is 10.3 Å². The first-order chi connectivity index (χ1) is 20.1. The minimum absolute atomic E-state index is 0.0522. The van der Waals surface area contributed by atoms with E-state index in [-0.39, 0.29) is 18.4 Å². The number of amides is 1. The van der Waals surface area contributed by atoms with Crippen molar-refractivity contribution in [3.63, 3.8) is 0 Å². The molecule has 0 saturated carbocycles. The van der Waals surface area contributed by atoms with Gasteiger partial charge in [-0.25, -0.2) is 5.43 Å². The predicted octanol–water partition coefficient (Wildman–Crippen LogP) is 5.50. The molecule has 3 N–H and O–H groups in total. The number of benzene rings is 3. The fourth-order valence-electron chi connectivity index (χ4n) is 3.56. The maximum atomic E-state index is 12.2. The third kappa shape index (κ3) is 15.9. The summed E-state index contributed by atoms with van der Waals surface area (Å²) >= 11 is 0. The maximum Gasteiger partial charge on any atom is 0.239 e. The summed E-state index contributed by atoms with van der Waals surface area (Å²) in [7, 11) is 1.91. The van der Waals surface area contributed by atoms with E-state index in [9.17, 15) is 9.59 Å². The predicted molar refractivity (Wildman–Crippen MR) is 171 cm³/mol. The van der Waals surface area contributed by atoms with Crippen LogP contribution < -0.4 is 16.2 Å². The number of anilines is 2. The van der Waals surface area contributed by atoms with E-state index in [0.29, 0.717) is 18.4 Å². The number of fused-ring (bicyclic) bond motifs is 1. The summed E-state index contributed by atoms with van der Waals surface area (Å²) in [4.78, 5) is 41.4. The average Bonchev–Trinajstić information content (AvgIpc) is 3.42. The van der Waals surface area contributed by atoms with Crippen LogP contribution in [0.4, 0.5) is 11.4 Å². The van der Waals surface area contributed by atoms with Crippen molar-refractivity contribution in [2.45, 2.75) is 47.1 Å². The Morgan fingerprint density at radius 1 is 0.976 bits per heavy atom. The molecule has 1 saturated heterocycles. The number of carbonyl (C=O) groups is 4. The number of carbonyl (C=O) groups excluding carboxylic acids is 4. The van der Waals surface area contributed by atoms with Gasteiger partial charge in [0.15, 0.2) is 0 Å². The third-order valence-corrected chi connectivity index (χ3v) is 5.28. The molecule has 0 aromatic heterocycles. The Morgan fingerprint density at radius 2 is 1.52 bits per heavy atom. The van der Waals surface area contributed by atoms with Crippen LogP contribution in [-0.4, -0.2) is 56.3 Å². The fraction of sp³-hybridized carbons (Fsp3) is 0.364. The Balaban J connectivity index is 0.000000764. The summed E-state index contributed by atoms with van der Waals surface area (Å²) in [6, 6.07) is 25.6. The van der Waals surface area contributed by atoms with Crippen LogP contribution in [0.5, 0.6) is 0 Å². The highest BCUT2D eigenvalue weighted by Gasteiger charge is 2.34. The van der Waals surface area contributed by atoms with Gasteiger partial charge in [-0.05, 0) is 53.8 Å². The summed E-state index contributed by atoms with van der Waals surface area (Å²) in [5.74, 6) is -0.439. The Bertz CT molecular complexity index is 1230. The number of nitrogens with zero attached hydrogens (tertiary/aromatic N) is 2. The van der Waals surface area contributed by atoms with Crippen LogP contribution in [0.25, 0.3) is 10.8 Å². The number of rotatable bonds is 6. The standard InChI is InChI=1S/C18H18N4O2.C7H9N.C5H12.C2H4O.CH2O/c19-9-17-7-13(12-23)11-22(17)18(24)10-20-21-16-6-5-14-3-1-2-4-15(14)8-16;1-8-7-5-3-2-4-6-7;1-5(2,3)4;1-2-3;1-2/h1-6,8,12-13,17,20-21H,7,10-11H2;2-6,8H,1H3;1-4H3;2H,1H3;1H2. The first-order valence-electron chi connectivity index (χ1n) is 13.6. The van der Waals surface area contributed by atoms with Gasteiger partial charge in [0.25, 0.3) is 0 Å². The van der Waals surface area contributed by atoms with Crippen LogP contribution in [0, 0.1) is 22.7 Å². The second kappa shape index (κ2) is 21.2. The van der Waals surface area contributed by atoms with E-state index in [1.54, 1.807) is 0 Å². The molecule has 1 fully saturated rings. The number of likely N-dealkylation sites (tertiary alicyclic amines) is 1. The molecule has 2 atom stereocenters. The second-order valence-corrected chi connectivity index (χ2v) is 10.7. The molecule has 226 valence electrons. The van der Waals surface area contributed by atoms with Crippen molar-refractivity contribution in [2.75, 3.05) is 30.9 Å². The normalized spacial score (nSPS) is 14.8. The largest absolute Gasteiger partial charge is 0.388 e. The number of hydrogen-bond acceptors (Lipinski definition) is 8. The van der Waals surface area contributed by atoms with E-state index in [1.165, 1.54) is 11.8 Å². The smallest absolute Gasteiger partial charge is 0.239 e. The van der Waals surface area contributed by atoms with Crippen LogP contribution in [0.2, 0.25) is 0 Å². The minimum atomic E-state index is -0.518. The lowest BCUT2D eigenvalue weighted by molar-refractivity contribution is -0.130. The lowest BCUT2D eigenvalue weighted by Gasteiger charge is -2.20. The van der Waals surface area contributed by atoms with Crippen LogP contribution in [0.1, 0.15) is 41.0 Å². The van der Waals surface area contributed by atoms with Crippen LogP contribution >= 0.6 is 0 Å². The summed E-state index contributed by atoms with van der Waals surface area (Å²) in [6.45, 7) is 12.6. The van der Waals surface area contributed by atoms with Gasteiger partial charge in [-0.15, -0.1) is 0 Å². The van der Waals surface area contributed by atoms with Gasteiger partial charge in [0, 0.05) is 30.9 Å². The van der Waals surface area contributed by atoms with Gasteiger partial charge < -0.3 is 30.0 Å². The van der Waals surface area contributed by atoms with E-state index in [0.717, 1.165) is 34.7 Å². The zero-order valence-corrected chi connectivity index (χ0v) is 25.6. The zero-order chi connectivity index (χ0) is 32.0. The van der Waals surface area contributed by atoms with Gasteiger partial charge in [-0.2, -0.15) is 5.26 Å². The van der Waals surface area contributed by atoms with Crippen molar-refractivity contribution in [3.8, 4) is 6.07 Å². The number of nitriles is 1. The SMILES string of the molecule is C=O.CC(C)(C)C.CC=O.CNc1ccccc1.N#CC1CC(C=O)CN1C(=O)CNNc1ccc2ccccc2c1. The number of nitrogens with one attached hydrogen (secondary N) is 3.